The second-order valence-electron chi connectivity index (χ2n) is 7.06. The summed E-state index contributed by atoms with van der Waals surface area (Å²) in [6.45, 7) is 4.35. The Bertz CT molecular complexity index is 1000. The van der Waals surface area contributed by atoms with Gasteiger partial charge in [-0.05, 0) is 56.5 Å². The molecule has 1 aliphatic heterocycles. The number of benzene rings is 2. The summed E-state index contributed by atoms with van der Waals surface area (Å²) in [6.07, 6.45) is 0.919. The van der Waals surface area contributed by atoms with Crippen LogP contribution in [0.2, 0.25) is 10.0 Å². The summed E-state index contributed by atoms with van der Waals surface area (Å²) < 4.78 is 27.4. The van der Waals surface area contributed by atoms with Crippen molar-refractivity contribution in [2.75, 3.05) is 18.4 Å². The molecule has 0 aliphatic carbocycles. The topological polar surface area (TPSA) is 66.5 Å². The minimum absolute atomic E-state index is 0.159. The zero-order valence-electron chi connectivity index (χ0n) is 15.7. The first kappa shape index (κ1) is 21.1. The third-order valence-electron chi connectivity index (χ3n) is 4.96. The van der Waals surface area contributed by atoms with Gasteiger partial charge in [0.25, 0.3) is 0 Å². The highest BCUT2D eigenvalue weighted by molar-refractivity contribution is 7.89. The second kappa shape index (κ2) is 8.41. The van der Waals surface area contributed by atoms with E-state index in [0.717, 1.165) is 11.1 Å². The smallest absolute Gasteiger partial charge is 0.243 e. The molecule has 28 heavy (non-hydrogen) atoms. The lowest BCUT2D eigenvalue weighted by molar-refractivity contribution is -0.120. The van der Waals surface area contributed by atoms with Crippen LogP contribution in [-0.2, 0) is 14.8 Å². The van der Waals surface area contributed by atoms with Crippen molar-refractivity contribution in [3.05, 3.63) is 57.6 Å². The SMILES string of the molecule is Cc1ccc(S(=O)(=O)N2CCC(C(=O)Nc3ccc(Cl)cc3Cl)CC2)c(C)c1. The maximum Gasteiger partial charge on any atom is 0.243 e. The number of anilines is 1. The Labute approximate surface area is 175 Å². The summed E-state index contributed by atoms with van der Waals surface area (Å²) in [7, 11) is -3.56. The fourth-order valence-electron chi connectivity index (χ4n) is 3.41. The Morgan fingerprint density at radius 2 is 1.75 bits per heavy atom. The van der Waals surface area contributed by atoms with E-state index in [9.17, 15) is 13.2 Å². The molecule has 0 aromatic heterocycles. The van der Waals surface area contributed by atoms with Crippen molar-refractivity contribution in [1.82, 2.24) is 4.31 Å². The zero-order valence-corrected chi connectivity index (χ0v) is 18.0. The first-order chi connectivity index (χ1) is 13.2. The predicted octanol–water partition coefficient (Wildman–Crippen LogP) is 4.65. The summed E-state index contributed by atoms with van der Waals surface area (Å²) >= 11 is 12.0. The summed E-state index contributed by atoms with van der Waals surface area (Å²) in [5.74, 6) is -0.426. The van der Waals surface area contributed by atoms with E-state index in [1.807, 2.05) is 13.0 Å². The molecule has 3 rings (SSSR count). The zero-order chi connectivity index (χ0) is 20.5. The first-order valence-corrected chi connectivity index (χ1v) is 11.2. The normalized spacial score (nSPS) is 16.1. The summed E-state index contributed by atoms with van der Waals surface area (Å²) in [4.78, 5) is 12.9. The lowest BCUT2D eigenvalue weighted by atomic mass is 9.97. The number of rotatable bonds is 4. The van der Waals surface area contributed by atoms with Crippen molar-refractivity contribution >= 4 is 44.8 Å². The van der Waals surface area contributed by atoms with E-state index in [1.165, 1.54) is 4.31 Å². The summed E-state index contributed by atoms with van der Waals surface area (Å²) in [5.41, 5.74) is 2.26. The molecule has 0 spiro atoms. The maximum absolute atomic E-state index is 13.0. The van der Waals surface area contributed by atoms with E-state index in [4.69, 9.17) is 23.2 Å². The number of piperidine rings is 1. The highest BCUT2D eigenvalue weighted by Gasteiger charge is 2.33. The highest BCUT2D eigenvalue weighted by atomic mass is 35.5. The number of hydrogen-bond acceptors (Lipinski definition) is 3. The van der Waals surface area contributed by atoms with Gasteiger partial charge in [0.15, 0.2) is 0 Å². The molecular formula is C20H22Cl2N2O3S. The fraction of sp³-hybridized carbons (Fsp3) is 0.350. The largest absolute Gasteiger partial charge is 0.325 e. The summed E-state index contributed by atoms with van der Waals surface area (Å²) in [5, 5.41) is 3.67. The van der Waals surface area contributed by atoms with Crippen molar-refractivity contribution in [2.45, 2.75) is 31.6 Å². The van der Waals surface area contributed by atoms with Crippen LogP contribution in [0.3, 0.4) is 0 Å². The van der Waals surface area contributed by atoms with Gasteiger partial charge in [0.2, 0.25) is 15.9 Å². The molecule has 0 radical (unpaired) electrons. The van der Waals surface area contributed by atoms with Gasteiger partial charge in [0.05, 0.1) is 15.6 Å². The van der Waals surface area contributed by atoms with Crippen LogP contribution in [0.4, 0.5) is 5.69 Å². The molecule has 1 N–H and O–H groups in total. The molecule has 150 valence electrons. The van der Waals surface area contributed by atoms with Crippen molar-refractivity contribution in [3.8, 4) is 0 Å². The third kappa shape index (κ3) is 4.51. The van der Waals surface area contributed by atoms with Crippen LogP contribution in [0.25, 0.3) is 0 Å². The van der Waals surface area contributed by atoms with Crippen molar-refractivity contribution < 1.29 is 13.2 Å². The number of sulfonamides is 1. The number of hydrogen-bond donors (Lipinski definition) is 1. The second-order valence-corrected chi connectivity index (χ2v) is 9.81. The molecule has 2 aromatic rings. The van der Waals surface area contributed by atoms with Crippen LogP contribution in [0.15, 0.2) is 41.3 Å². The number of carbonyl (C=O) groups excluding carboxylic acids is 1. The number of amides is 1. The number of carbonyl (C=O) groups is 1. The van der Waals surface area contributed by atoms with Gasteiger partial charge in [-0.1, -0.05) is 40.9 Å². The van der Waals surface area contributed by atoms with Crippen LogP contribution < -0.4 is 5.32 Å². The van der Waals surface area contributed by atoms with Gasteiger partial charge in [-0.2, -0.15) is 4.31 Å². The Morgan fingerprint density at radius 3 is 2.36 bits per heavy atom. The Hall–Kier alpha value is -1.60. The molecule has 0 unspecified atom stereocenters. The Balaban J connectivity index is 1.65. The standard InChI is InChI=1S/C20H22Cl2N2O3S/c1-13-3-6-19(14(2)11-13)28(26,27)24-9-7-15(8-10-24)20(25)23-18-5-4-16(21)12-17(18)22/h3-6,11-12,15H,7-10H2,1-2H3,(H,23,25). The average molecular weight is 441 g/mol. The van der Waals surface area contributed by atoms with Crippen molar-refractivity contribution in [2.24, 2.45) is 5.92 Å². The quantitative estimate of drug-likeness (QED) is 0.751. The molecule has 1 aliphatic rings. The van der Waals surface area contributed by atoms with Crippen molar-refractivity contribution in [3.63, 3.8) is 0 Å². The highest BCUT2D eigenvalue weighted by Crippen LogP contribution is 2.29. The van der Waals surface area contributed by atoms with Gasteiger partial charge in [0.1, 0.15) is 0 Å². The molecule has 0 atom stereocenters. The van der Waals surface area contributed by atoms with Gasteiger partial charge in [-0.15, -0.1) is 0 Å². The number of aryl methyl sites for hydroxylation is 2. The van der Waals surface area contributed by atoms with Crippen LogP contribution >= 0.6 is 23.2 Å². The van der Waals surface area contributed by atoms with Gasteiger partial charge in [0, 0.05) is 24.0 Å². The monoisotopic (exact) mass is 440 g/mol. The summed E-state index contributed by atoms with van der Waals surface area (Å²) in [6, 6.07) is 10.2. The fourth-order valence-corrected chi connectivity index (χ4v) is 5.54. The maximum atomic E-state index is 13.0. The van der Waals surface area contributed by atoms with Gasteiger partial charge in [-0.3, -0.25) is 4.79 Å². The Kier molecular flexibility index (Phi) is 6.34. The molecule has 0 bridgehead atoms. The van der Waals surface area contributed by atoms with E-state index in [-0.39, 0.29) is 11.8 Å². The molecule has 0 saturated carbocycles. The average Bonchev–Trinajstić information content (AvgIpc) is 2.63. The molecule has 1 amide bonds. The van der Waals surface area contributed by atoms with Gasteiger partial charge in [-0.25, -0.2) is 8.42 Å². The van der Waals surface area contributed by atoms with Crippen LogP contribution in [-0.4, -0.2) is 31.7 Å². The van der Waals surface area contributed by atoms with Crippen molar-refractivity contribution in [1.29, 1.82) is 0 Å². The number of halogens is 2. The lowest BCUT2D eigenvalue weighted by Gasteiger charge is -2.31. The van der Waals surface area contributed by atoms with E-state index >= 15 is 0 Å². The molecular weight excluding hydrogens is 419 g/mol. The molecule has 1 fully saturated rings. The molecule has 5 nitrogen and oxygen atoms in total. The van der Waals surface area contributed by atoms with Crippen LogP contribution in [0, 0.1) is 19.8 Å². The number of nitrogens with one attached hydrogen (secondary N) is 1. The van der Waals surface area contributed by atoms with Crippen LogP contribution in [0.1, 0.15) is 24.0 Å². The minimum Gasteiger partial charge on any atom is -0.325 e. The van der Waals surface area contributed by atoms with E-state index in [2.05, 4.69) is 5.32 Å². The minimum atomic E-state index is -3.56. The molecule has 2 aromatic carbocycles. The number of nitrogens with zero attached hydrogens (tertiary/aromatic N) is 1. The van der Waals surface area contributed by atoms with Gasteiger partial charge >= 0.3 is 0 Å². The van der Waals surface area contributed by atoms with E-state index in [1.54, 1.807) is 37.3 Å². The van der Waals surface area contributed by atoms with E-state index in [0.29, 0.717) is 46.6 Å². The molecule has 1 saturated heterocycles. The van der Waals surface area contributed by atoms with E-state index < -0.39 is 10.0 Å². The van der Waals surface area contributed by atoms with Crippen LogP contribution in [0.5, 0.6) is 0 Å². The first-order valence-electron chi connectivity index (χ1n) is 9.02. The Morgan fingerprint density at radius 1 is 1.07 bits per heavy atom. The molecule has 8 heteroatoms. The lowest BCUT2D eigenvalue weighted by Crippen LogP contribution is -2.41. The van der Waals surface area contributed by atoms with Gasteiger partial charge < -0.3 is 5.32 Å². The predicted molar refractivity (Wildman–Crippen MR) is 112 cm³/mol. The molecule has 1 heterocycles. The third-order valence-corrected chi connectivity index (χ3v) is 7.57.